The lowest BCUT2D eigenvalue weighted by Gasteiger charge is -2.32. The number of aromatic carboxylic acids is 1. The van der Waals surface area contributed by atoms with Crippen LogP contribution in [0.25, 0.3) is 22.2 Å². The van der Waals surface area contributed by atoms with Crippen LogP contribution in [-0.2, 0) is 31.5 Å². The zero-order valence-electron chi connectivity index (χ0n) is 26.0. The lowest BCUT2D eigenvalue weighted by molar-refractivity contribution is -0.0592. The largest absolute Gasteiger partial charge is 0.478 e. The van der Waals surface area contributed by atoms with Gasteiger partial charge in [0.05, 0.1) is 53.6 Å². The first-order chi connectivity index (χ1) is 22.8. The number of aryl methyl sites for hydroxylation is 1. The fourth-order valence-corrected chi connectivity index (χ4v) is 6.36. The van der Waals surface area contributed by atoms with E-state index >= 15 is 0 Å². The smallest absolute Gasteiger partial charge is 0.336 e. The molecule has 7 rings (SSSR count). The second-order valence-corrected chi connectivity index (χ2v) is 12.2. The molecule has 2 saturated heterocycles. The number of nitrogens with zero attached hydrogens (tertiary/aromatic N) is 7. The summed E-state index contributed by atoms with van der Waals surface area (Å²) in [5.41, 5.74) is 4.66. The van der Waals surface area contributed by atoms with E-state index in [0.29, 0.717) is 30.1 Å². The van der Waals surface area contributed by atoms with Gasteiger partial charge in [0, 0.05) is 54.2 Å². The number of carboxylic acids is 1. The maximum Gasteiger partial charge on any atom is 0.336 e. The molecule has 2 fully saturated rings. The third-order valence-electron chi connectivity index (χ3n) is 9.07. The molecular formula is C35H34FN7O4. The number of pyridine rings is 1. The summed E-state index contributed by atoms with van der Waals surface area (Å²) in [4.78, 5) is 24.5. The Morgan fingerprint density at radius 1 is 1.15 bits per heavy atom. The lowest BCUT2D eigenvalue weighted by atomic mass is 9.93. The van der Waals surface area contributed by atoms with Crippen LogP contribution in [0.15, 0.2) is 60.9 Å². The van der Waals surface area contributed by atoms with E-state index < -0.39 is 11.8 Å². The highest BCUT2D eigenvalue weighted by atomic mass is 19.1. The van der Waals surface area contributed by atoms with E-state index in [0.717, 1.165) is 67.1 Å². The van der Waals surface area contributed by atoms with Crippen molar-refractivity contribution >= 4 is 17.0 Å². The zero-order valence-corrected chi connectivity index (χ0v) is 26.0. The molecule has 0 unspecified atom stereocenters. The Hall–Kier alpha value is -5.12. The minimum absolute atomic E-state index is 0.0248. The molecule has 0 radical (unpaired) electrons. The molecule has 5 heterocycles. The quantitative estimate of drug-likeness (QED) is 0.218. The molecule has 0 spiro atoms. The van der Waals surface area contributed by atoms with E-state index in [4.69, 9.17) is 24.7 Å². The second kappa shape index (κ2) is 12.9. The molecule has 1 atom stereocenters. The first-order valence-electron chi connectivity index (χ1n) is 15.7. The van der Waals surface area contributed by atoms with Gasteiger partial charge in [0.25, 0.3) is 0 Å². The fraction of sp³-hybridized carbons (Fsp3) is 0.343. The van der Waals surface area contributed by atoms with E-state index in [1.807, 2.05) is 30.5 Å². The number of carbonyl (C=O) groups is 1. The Kier molecular flexibility index (Phi) is 8.41. The molecule has 2 aliphatic heterocycles. The highest BCUT2D eigenvalue weighted by Crippen LogP contribution is 2.32. The Bertz CT molecular complexity index is 1990. The van der Waals surface area contributed by atoms with Gasteiger partial charge in [0.2, 0.25) is 5.88 Å². The number of ether oxygens (including phenoxy) is 2. The van der Waals surface area contributed by atoms with Crippen molar-refractivity contribution in [3.05, 3.63) is 95.0 Å². The number of fused-ring (bicyclic) bond motifs is 1. The third-order valence-corrected chi connectivity index (χ3v) is 9.07. The van der Waals surface area contributed by atoms with Crippen LogP contribution >= 0.6 is 0 Å². The van der Waals surface area contributed by atoms with E-state index in [-0.39, 0.29) is 29.8 Å². The fourth-order valence-electron chi connectivity index (χ4n) is 6.36. The van der Waals surface area contributed by atoms with Crippen molar-refractivity contribution in [2.45, 2.75) is 51.0 Å². The molecule has 2 aromatic carbocycles. The van der Waals surface area contributed by atoms with Crippen LogP contribution in [0, 0.1) is 17.1 Å². The summed E-state index contributed by atoms with van der Waals surface area (Å²) < 4.78 is 29.7. The van der Waals surface area contributed by atoms with E-state index in [1.54, 1.807) is 42.2 Å². The zero-order chi connectivity index (χ0) is 32.5. The normalized spacial score (nSPS) is 17.0. The van der Waals surface area contributed by atoms with Crippen LogP contribution in [0.5, 0.6) is 5.88 Å². The van der Waals surface area contributed by atoms with Crippen LogP contribution in [0.2, 0.25) is 0 Å². The van der Waals surface area contributed by atoms with Crippen LogP contribution in [0.4, 0.5) is 4.39 Å². The Morgan fingerprint density at radius 3 is 2.66 bits per heavy atom. The van der Waals surface area contributed by atoms with Crippen LogP contribution < -0.4 is 4.74 Å². The maximum absolute atomic E-state index is 14.3. The van der Waals surface area contributed by atoms with Crippen LogP contribution in [-0.4, -0.2) is 66.1 Å². The molecule has 12 heteroatoms. The van der Waals surface area contributed by atoms with Gasteiger partial charge in [-0.15, -0.1) is 0 Å². The topological polar surface area (TPSA) is 131 Å². The first-order valence-corrected chi connectivity index (χ1v) is 15.7. The molecule has 0 bridgehead atoms. The monoisotopic (exact) mass is 635 g/mol. The standard InChI is InChI=1S/C35H34FN7O4/c1-41-18-25(17-38-41)27-14-31-32(15-28(27)35(44)45)43(19-26-9-12-46-26)33(39-31)20-42-10-7-23(8-11-42)30-3-2-4-34(40-30)47-21-24-6-5-22(16-37)13-29(24)36/h2-6,13-15,17-18,23,26H,7-12,19-21H2,1H3,(H,44,45)/t26-/m0/s1. The second-order valence-electron chi connectivity index (χ2n) is 12.2. The van der Waals surface area contributed by atoms with Gasteiger partial charge in [0.15, 0.2) is 0 Å². The number of piperidine rings is 1. The Balaban J connectivity index is 1.06. The van der Waals surface area contributed by atoms with Gasteiger partial charge in [0.1, 0.15) is 18.2 Å². The molecule has 240 valence electrons. The summed E-state index contributed by atoms with van der Waals surface area (Å²) in [6, 6.07) is 15.6. The molecule has 3 aromatic heterocycles. The molecule has 11 nitrogen and oxygen atoms in total. The number of nitriles is 1. The number of halogens is 1. The molecule has 2 aliphatic rings. The number of rotatable bonds is 10. The highest BCUT2D eigenvalue weighted by molar-refractivity contribution is 6.00. The van der Waals surface area contributed by atoms with E-state index in [1.165, 1.54) is 6.07 Å². The van der Waals surface area contributed by atoms with E-state index in [2.05, 4.69) is 14.6 Å². The van der Waals surface area contributed by atoms with Crippen LogP contribution in [0.3, 0.4) is 0 Å². The van der Waals surface area contributed by atoms with Crippen molar-refractivity contribution in [3.63, 3.8) is 0 Å². The predicted octanol–water partition coefficient (Wildman–Crippen LogP) is 5.29. The maximum atomic E-state index is 14.3. The summed E-state index contributed by atoms with van der Waals surface area (Å²) in [6.07, 6.45) is 6.33. The number of aromatic nitrogens is 5. The number of hydrogen-bond donors (Lipinski definition) is 1. The Labute approximate surface area is 270 Å². The summed E-state index contributed by atoms with van der Waals surface area (Å²) in [7, 11) is 1.80. The summed E-state index contributed by atoms with van der Waals surface area (Å²) in [5, 5.41) is 23.3. The summed E-state index contributed by atoms with van der Waals surface area (Å²) >= 11 is 0. The lowest BCUT2D eigenvalue weighted by Crippen LogP contribution is -2.35. The van der Waals surface area contributed by atoms with E-state index in [9.17, 15) is 14.3 Å². The summed E-state index contributed by atoms with van der Waals surface area (Å²) in [6.45, 7) is 3.70. The summed E-state index contributed by atoms with van der Waals surface area (Å²) in [5.74, 6) is 0.108. The van der Waals surface area contributed by atoms with Gasteiger partial charge in [-0.25, -0.2) is 19.2 Å². The molecule has 0 amide bonds. The van der Waals surface area contributed by atoms with Gasteiger partial charge >= 0.3 is 5.97 Å². The molecule has 47 heavy (non-hydrogen) atoms. The number of likely N-dealkylation sites (tertiary alicyclic amines) is 1. The SMILES string of the molecule is Cn1cc(-c2cc3nc(CN4CCC(c5cccc(OCc6ccc(C#N)cc6F)n5)CC4)n(C[C@@H]4CCO4)c3cc2C(=O)O)cn1. The minimum atomic E-state index is -0.994. The van der Waals surface area contributed by atoms with Gasteiger partial charge in [-0.1, -0.05) is 12.1 Å². The van der Waals surface area contributed by atoms with Gasteiger partial charge < -0.3 is 19.1 Å². The van der Waals surface area contributed by atoms with Crippen molar-refractivity contribution in [1.82, 2.24) is 29.2 Å². The van der Waals surface area contributed by atoms with Crippen molar-refractivity contribution in [1.29, 1.82) is 5.26 Å². The van der Waals surface area contributed by atoms with Gasteiger partial charge in [-0.2, -0.15) is 10.4 Å². The number of benzene rings is 2. The number of hydrogen-bond acceptors (Lipinski definition) is 8. The van der Waals surface area contributed by atoms with Crippen molar-refractivity contribution in [3.8, 4) is 23.1 Å². The minimum Gasteiger partial charge on any atom is -0.478 e. The number of carboxylic acid groups (broad SMARTS) is 1. The number of imidazole rings is 1. The molecular weight excluding hydrogens is 601 g/mol. The van der Waals surface area contributed by atoms with Gasteiger partial charge in [-0.3, -0.25) is 9.58 Å². The molecule has 0 saturated carbocycles. The average Bonchev–Trinajstić information content (AvgIpc) is 3.64. The Morgan fingerprint density at radius 2 is 1.98 bits per heavy atom. The van der Waals surface area contributed by atoms with Crippen LogP contribution in [0.1, 0.15) is 58.2 Å². The van der Waals surface area contributed by atoms with Crippen molar-refractivity contribution < 1.29 is 23.8 Å². The molecule has 0 aliphatic carbocycles. The highest BCUT2D eigenvalue weighted by Gasteiger charge is 2.27. The van der Waals surface area contributed by atoms with Crippen molar-refractivity contribution in [2.24, 2.45) is 7.05 Å². The average molecular weight is 636 g/mol. The first kappa shape index (κ1) is 30.5. The van der Waals surface area contributed by atoms with Gasteiger partial charge in [-0.05, 0) is 62.7 Å². The third kappa shape index (κ3) is 6.45. The molecule has 1 N–H and O–H groups in total. The van der Waals surface area contributed by atoms with Crippen molar-refractivity contribution in [2.75, 3.05) is 19.7 Å². The predicted molar refractivity (Wildman–Crippen MR) is 170 cm³/mol. The molecule has 5 aromatic rings.